The number of hydrogen-bond acceptors (Lipinski definition) is 5. The van der Waals surface area contributed by atoms with Gasteiger partial charge in [0.2, 0.25) is 11.8 Å². The number of nitrogens with zero attached hydrogens (tertiary/aromatic N) is 3. The van der Waals surface area contributed by atoms with E-state index in [0.29, 0.717) is 18.1 Å². The van der Waals surface area contributed by atoms with E-state index in [1.165, 1.54) is 17.5 Å². The van der Waals surface area contributed by atoms with Gasteiger partial charge in [-0.1, -0.05) is 36.4 Å². The molecule has 2 aromatic carbocycles. The Morgan fingerprint density at radius 3 is 2.70 bits per heavy atom. The zero-order valence-corrected chi connectivity index (χ0v) is 21.4. The molecular formula is C30H34N4O3. The average Bonchev–Trinajstić information content (AvgIpc) is 3.66. The molecule has 192 valence electrons. The van der Waals surface area contributed by atoms with E-state index in [1.807, 2.05) is 24.3 Å². The molecule has 37 heavy (non-hydrogen) atoms. The summed E-state index contributed by atoms with van der Waals surface area (Å²) < 4.78 is 5.40. The van der Waals surface area contributed by atoms with Crippen LogP contribution in [-0.2, 0) is 15.0 Å². The molecule has 1 N–H and O–H groups in total. The molecule has 0 saturated carbocycles. The lowest BCUT2D eigenvalue weighted by molar-refractivity contribution is -0.137. The van der Waals surface area contributed by atoms with Crippen LogP contribution in [0.25, 0.3) is 11.3 Å². The molecule has 7 nitrogen and oxygen atoms in total. The molecule has 2 fully saturated rings. The molecule has 1 spiro atoms. The number of carbonyl (C=O) groups excluding carboxylic acids is 2. The van der Waals surface area contributed by atoms with E-state index in [9.17, 15) is 9.59 Å². The molecule has 2 saturated heterocycles. The Balaban J connectivity index is 1.13. The van der Waals surface area contributed by atoms with Crippen molar-refractivity contribution in [3.63, 3.8) is 0 Å². The lowest BCUT2D eigenvalue weighted by Gasteiger charge is -2.41. The first-order valence-electron chi connectivity index (χ1n) is 13.4. The van der Waals surface area contributed by atoms with Crippen molar-refractivity contribution in [2.45, 2.75) is 55.9 Å². The van der Waals surface area contributed by atoms with Crippen LogP contribution in [0.4, 0.5) is 5.69 Å². The molecule has 1 aliphatic carbocycles. The van der Waals surface area contributed by atoms with Crippen LogP contribution in [0.5, 0.6) is 0 Å². The van der Waals surface area contributed by atoms with Crippen molar-refractivity contribution in [1.29, 1.82) is 0 Å². The summed E-state index contributed by atoms with van der Waals surface area (Å²) in [6.45, 7) is 2.60. The fourth-order valence-electron chi connectivity index (χ4n) is 6.82. The van der Waals surface area contributed by atoms with Gasteiger partial charge in [0.05, 0.1) is 12.2 Å². The second-order valence-corrected chi connectivity index (χ2v) is 10.9. The highest BCUT2D eigenvalue weighted by atomic mass is 16.3. The molecular weight excluding hydrogens is 464 g/mol. The predicted octanol–water partition coefficient (Wildman–Crippen LogP) is 4.81. The van der Waals surface area contributed by atoms with E-state index >= 15 is 0 Å². The van der Waals surface area contributed by atoms with Crippen molar-refractivity contribution in [2.75, 3.05) is 32.0 Å². The van der Waals surface area contributed by atoms with Crippen molar-refractivity contribution in [3.05, 3.63) is 72.2 Å². The molecule has 7 heteroatoms. The summed E-state index contributed by atoms with van der Waals surface area (Å²) in [6.07, 6.45) is 8.48. The number of fused-ring (bicyclic) bond motifs is 2. The standard InChI is InChI=1S/C30H34N4O3/c1-33-13-5-10-26(33)29(36)34-14-11-30(12-15-34)18-22(24-8-2-3-9-25(24)30)17-28(35)32-23-7-4-6-21(16-23)27-19-31-20-37-27/h2-4,6-9,16,19-20,22,26H,5,10-15,17-18H2,1H3,(H,32,35)/t22?,26-/m0/s1. The molecule has 2 amide bonds. The third-order valence-electron chi connectivity index (χ3n) is 8.74. The summed E-state index contributed by atoms with van der Waals surface area (Å²) in [5.74, 6) is 1.16. The average molecular weight is 499 g/mol. The summed E-state index contributed by atoms with van der Waals surface area (Å²) in [4.78, 5) is 34.6. The van der Waals surface area contributed by atoms with E-state index in [2.05, 4.69) is 51.4 Å². The number of piperidine rings is 1. The van der Waals surface area contributed by atoms with Crippen molar-refractivity contribution in [3.8, 4) is 11.3 Å². The van der Waals surface area contributed by atoms with Gasteiger partial charge in [0, 0.05) is 30.8 Å². The zero-order valence-electron chi connectivity index (χ0n) is 21.4. The van der Waals surface area contributed by atoms with Gasteiger partial charge in [0.1, 0.15) is 0 Å². The van der Waals surface area contributed by atoms with E-state index < -0.39 is 0 Å². The summed E-state index contributed by atoms with van der Waals surface area (Å²) >= 11 is 0. The number of anilines is 1. The third kappa shape index (κ3) is 4.57. The second kappa shape index (κ2) is 9.78. The van der Waals surface area contributed by atoms with Crippen molar-refractivity contribution < 1.29 is 14.0 Å². The van der Waals surface area contributed by atoms with Crippen molar-refractivity contribution >= 4 is 17.5 Å². The fourth-order valence-corrected chi connectivity index (χ4v) is 6.82. The van der Waals surface area contributed by atoms with Gasteiger partial charge in [-0.05, 0) is 80.3 Å². The van der Waals surface area contributed by atoms with Gasteiger partial charge in [0.25, 0.3) is 0 Å². The van der Waals surface area contributed by atoms with Crippen LogP contribution in [0.2, 0.25) is 0 Å². The normalized spacial score (nSPS) is 22.8. The van der Waals surface area contributed by atoms with Crippen LogP contribution in [0.3, 0.4) is 0 Å². The van der Waals surface area contributed by atoms with Crippen LogP contribution in [0.1, 0.15) is 55.6 Å². The molecule has 0 bridgehead atoms. The number of nitrogens with one attached hydrogen (secondary N) is 1. The quantitative estimate of drug-likeness (QED) is 0.546. The summed E-state index contributed by atoms with van der Waals surface area (Å²) in [6, 6.07) is 16.3. The maximum atomic E-state index is 13.2. The number of rotatable bonds is 5. The van der Waals surface area contributed by atoms with Crippen LogP contribution >= 0.6 is 0 Å². The molecule has 3 heterocycles. The molecule has 2 aliphatic heterocycles. The minimum absolute atomic E-state index is 0.0171. The Morgan fingerprint density at radius 1 is 1.11 bits per heavy atom. The maximum absolute atomic E-state index is 13.2. The summed E-state index contributed by atoms with van der Waals surface area (Å²) in [5, 5.41) is 3.09. The Morgan fingerprint density at radius 2 is 1.95 bits per heavy atom. The minimum Gasteiger partial charge on any atom is -0.444 e. The van der Waals surface area contributed by atoms with Crippen LogP contribution in [0, 0.1) is 0 Å². The van der Waals surface area contributed by atoms with E-state index in [0.717, 1.165) is 63.0 Å². The Kier molecular flexibility index (Phi) is 6.32. The lowest BCUT2D eigenvalue weighted by Crippen LogP contribution is -2.50. The smallest absolute Gasteiger partial charge is 0.239 e. The van der Waals surface area contributed by atoms with E-state index in [4.69, 9.17) is 4.42 Å². The molecule has 2 atom stereocenters. The molecule has 6 rings (SSSR count). The largest absolute Gasteiger partial charge is 0.444 e. The van der Waals surface area contributed by atoms with Crippen molar-refractivity contribution in [2.24, 2.45) is 0 Å². The van der Waals surface area contributed by atoms with Gasteiger partial charge in [-0.2, -0.15) is 0 Å². The highest BCUT2D eigenvalue weighted by molar-refractivity contribution is 5.92. The number of likely N-dealkylation sites (tertiary alicyclic amines) is 2. The molecule has 3 aliphatic rings. The van der Waals surface area contributed by atoms with E-state index in [-0.39, 0.29) is 23.3 Å². The number of amides is 2. The first-order chi connectivity index (χ1) is 18.0. The molecule has 1 unspecified atom stereocenters. The van der Waals surface area contributed by atoms with Gasteiger partial charge >= 0.3 is 0 Å². The van der Waals surface area contributed by atoms with Gasteiger partial charge in [-0.3, -0.25) is 14.5 Å². The number of oxazole rings is 1. The molecule has 1 aromatic heterocycles. The van der Waals surface area contributed by atoms with Gasteiger partial charge < -0.3 is 14.6 Å². The van der Waals surface area contributed by atoms with Gasteiger partial charge in [-0.25, -0.2) is 4.98 Å². The van der Waals surface area contributed by atoms with Crippen LogP contribution in [-0.4, -0.2) is 59.3 Å². The Bertz CT molecular complexity index is 1280. The van der Waals surface area contributed by atoms with Crippen LogP contribution in [0.15, 0.2) is 65.5 Å². The lowest BCUT2D eigenvalue weighted by atomic mass is 9.73. The molecule has 3 aromatic rings. The SMILES string of the molecule is CN1CCC[C@H]1C(=O)N1CCC2(CC1)CC(CC(=O)Nc1cccc(-c3cnco3)c1)c1ccccc12. The fraction of sp³-hybridized carbons (Fsp3) is 0.433. The first kappa shape index (κ1) is 23.9. The number of hydrogen-bond donors (Lipinski definition) is 1. The number of likely N-dealkylation sites (N-methyl/N-ethyl adjacent to an activating group) is 1. The summed E-state index contributed by atoms with van der Waals surface area (Å²) in [5.41, 5.74) is 4.36. The number of aromatic nitrogens is 1. The van der Waals surface area contributed by atoms with Gasteiger partial charge in [-0.15, -0.1) is 0 Å². The number of carbonyl (C=O) groups is 2. The monoisotopic (exact) mass is 498 g/mol. The predicted molar refractivity (Wildman–Crippen MR) is 142 cm³/mol. The highest BCUT2D eigenvalue weighted by Crippen LogP contribution is 2.52. The summed E-state index contributed by atoms with van der Waals surface area (Å²) in [7, 11) is 2.06. The number of benzene rings is 2. The van der Waals surface area contributed by atoms with Gasteiger partial charge in [0.15, 0.2) is 12.2 Å². The first-order valence-corrected chi connectivity index (χ1v) is 13.4. The topological polar surface area (TPSA) is 78.7 Å². The Labute approximate surface area is 217 Å². The minimum atomic E-state index is 0.0171. The van der Waals surface area contributed by atoms with Crippen molar-refractivity contribution in [1.82, 2.24) is 14.8 Å². The van der Waals surface area contributed by atoms with E-state index in [1.54, 1.807) is 6.20 Å². The maximum Gasteiger partial charge on any atom is 0.239 e. The zero-order chi connectivity index (χ0) is 25.4. The highest BCUT2D eigenvalue weighted by Gasteiger charge is 2.47. The molecule has 0 radical (unpaired) electrons. The Hall–Kier alpha value is -3.45. The second-order valence-electron chi connectivity index (χ2n) is 10.9. The van der Waals surface area contributed by atoms with Crippen LogP contribution < -0.4 is 5.32 Å². The third-order valence-corrected chi connectivity index (χ3v) is 8.74.